The first-order chi connectivity index (χ1) is 7.97. The third kappa shape index (κ3) is 3.06. The number of aliphatic hydroxyl groups is 1. The zero-order chi connectivity index (χ0) is 12.5. The van der Waals surface area contributed by atoms with Crippen LogP contribution in [0.5, 0.6) is 0 Å². The number of hydrogen-bond acceptors (Lipinski definition) is 3. The van der Waals surface area contributed by atoms with Crippen molar-refractivity contribution in [3.05, 3.63) is 35.4 Å². The normalized spacial score (nSPS) is 24.5. The zero-order valence-corrected chi connectivity index (χ0v) is 10.6. The standard InChI is InChI=1S/C14H20O3/c1-14(2,3)17-16-12-9-8-10-6-4-5-7-11(10)13(12)15/h4-7,12-13,15H,8-9H2,1-3H3. The predicted molar refractivity (Wildman–Crippen MR) is 65.4 cm³/mol. The van der Waals surface area contributed by atoms with Crippen molar-refractivity contribution in [3.63, 3.8) is 0 Å². The molecule has 0 saturated carbocycles. The minimum Gasteiger partial charge on any atom is -0.386 e. The second kappa shape index (κ2) is 4.77. The molecule has 1 aliphatic carbocycles. The van der Waals surface area contributed by atoms with Crippen LogP contribution in [0.4, 0.5) is 0 Å². The van der Waals surface area contributed by atoms with Crippen LogP contribution in [0.3, 0.4) is 0 Å². The van der Waals surface area contributed by atoms with E-state index in [9.17, 15) is 5.11 Å². The molecule has 94 valence electrons. The quantitative estimate of drug-likeness (QED) is 0.634. The van der Waals surface area contributed by atoms with Gasteiger partial charge in [0.2, 0.25) is 0 Å². The van der Waals surface area contributed by atoms with Crippen molar-refractivity contribution in [1.82, 2.24) is 0 Å². The molecule has 0 bridgehead atoms. The monoisotopic (exact) mass is 236 g/mol. The molecule has 0 fully saturated rings. The van der Waals surface area contributed by atoms with Crippen molar-refractivity contribution in [2.75, 3.05) is 0 Å². The summed E-state index contributed by atoms with van der Waals surface area (Å²) < 4.78 is 0. The summed E-state index contributed by atoms with van der Waals surface area (Å²) in [4.78, 5) is 10.7. The van der Waals surface area contributed by atoms with Gasteiger partial charge < -0.3 is 5.11 Å². The summed E-state index contributed by atoms with van der Waals surface area (Å²) >= 11 is 0. The lowest BCUT2D eigenvalue weighted by Crippen LogP contribution is -2.31. The largest absolute Gasteiger partial charge is 0.386 e. The number of aryl methyl sites for hydroxylation is 1. The van der Waals surface area contributed by atoms with Crippen molar-refractivity contribution in [3.8, 4) is 0 Å². The Bertz CT molecular complexity index is 381. The van der Waals surface area contributed by atoms with Crippen molar-refractivity contribution in [2.45, 2.75) is 51.4 Å². The van der Waals surface area contributed by atoms with E-state index >= 15 is 0 Å². The van der Waals surface area contributed by atoms with Gasteiger partial charge in [-0.2, -0.15) is 0 Å². The smallest absolute Gasteiger partial charge is 0.123 e. The molecular formula is C14H20O3. The molecule has 2 unspecified atom stereocenters. The van der Waals surface area contributed by atoms with Crippen LogP contribution >= 0.6 is 0 Å². The highest BCUT2D eigenvalue weighted by atomic mass is 17.2. The third-order valence-corrected chi connectivity index (χ3v) is 2.85. The van der Waals surface area contributed by atoms with Crippen molar-refractivity contribution < 1.29 is 14.9 Å². The molecule has 2 rings (SSSR count). The molecule has 0 amide bonds. The van der Waals surface area contributed by atoms with E-state index in [1.807, 2.05) is 39.0 Å². The van der Waals surface area contributed by atoms with Crippen LogP contribution in [0.15, 0.2) is 24.3 Å². The summed E-state index contributed by atoms with van der Waals surface area (Å²) in [6.07, 6.45) is 0.839. The van der Waals surface area contributed by atoms with Crippen LogP contribution < -0.4 is 0 Å². The average Bonchev–Trinajstić information content (AvgIpc) is 2.27. The number of benzene rings is 1. The first-order valence-electron chi connectivity index (χ1n) is 6.08. The van der Waals surface area contributed by atoms with Gasteiger partial charge in [0.15, 0.2) is 0 Å². The molecule has 1 aliphatic rings. The molecule has 0 radical (unpaired) electrons. The zero-order valence-electron chi connectivity index (χ0n) is 10.6. The van der Waals surface area contributed by atoms with Crippen LogP contribution in [-0.4, -0.2) is 16.8 Å². The van der Waals surface area contributed by atoms with Crippen LogP contribution in [-0.2, 0) is 16.2 Å². The van der Waals surface area contributed by atoms with Crippen LogP contribution in [0.2, 0.25) is 0 Å². The van der Waals surface area contributed by atoms with Gasteiger partial charge in [0, 0.05) is 0 Å². The fraction of sp³-hybridized carbons (Fsp3) is 0.571. The van der Waals surface area contributed by atoms with Gasteiger partial charge in [0.25, 0.3) is 0 Å². The van der Waals surface area contributed by atoms with Crippen molar-refractivity contribution in [2.24, 2.45) is 0 Å². The van der Waals surface area contributed by atoms with Crippen LogP contribution in [0, 0.1) is 0 Å². The lowest BCUT2D eigenvalue weighted by Gasteiger charge is -2.31. The summed E-state index contributed by atoms with van der Waals surface area (Å²) in [5.41, 5.74) is 1.81. The Labute approximate surface area is 102 Å². The molecule has 0 spiro atoms. The molecule has 0 aromatic heterocycles. The van der Waals surface area contributed by atoms with E-state index in [-0.39, 0.29) is 11.7 Å². The van der Waals surface area contributed by atoms with E-state index in [0.29, 0.717) is 0 Å². The Kier molecular flexibility index (Phi) is 3.52. The lowest BCUT2D eigenvalue weighted by molar-refractivity contribution is -0.385. The van der Waals surface area contributed by atoms with Gasteiger partial charge in [-0.1, -0.05) is 24.3 Å². The summed E-state index contributed by atoms with van der Waals surface area (Å²) in [5.74, 6) is 0. The fourth-order valence-electron chi connectivity index (χ4n) is 2.01. The maximum Gasteiger partial charge on any atom is 0.123 e. The minimum atomic E-state index is -0.595. The molecule has 2 atom stereocenters. The highest BCUT2D eigenvalue weighted by Crippen LogP contribution is 2.32. The van der Waals surface area contributed by atoms with Gasteiger partial charge in [-0.3, -0.25) is 0 Å². The van der Waals surface area contributed by atoms with Gasteiger partial charge in [-0.25, -0.2) is 9.78 Å². The second-order valence-electron chi connectivity index (χ2n) is 5.51. The van der Waals surface area contributed by atoms with E-state index < -0.39 is 6.10 Å². The summed E-state index contributed by atoms with van der Waals surface area (Å²) in [7, 11) is 0. The lowest BCUT2D eigenvalue weighted by atomic mass is 9.87. The average molecular weight is 236 g/mol. The predicted octanol–water partition coefficient (Wildman–Crippen LogP) is 2.78. The number of aliphatic hydroxyl groups excluding tert-OH is 1. The minimum absolute atomic E-state index is 0.274. The van der Waals surface area contributed by atoms with Gasteiger partial charge in [0.05, 0.1) is 5.60 Å². The summed E-state index contributed by atoms with van der Waals surface area (Å²) in [5, 5.41) is 10.2. The molecule has 1 aromatic carbocycles. The SMILES string of the molecule is CC(C)(C)OOC1CCc2ccccc2C1O. The highest BCUT2D eigenvalue weighted by molar-refractivity contribution is 5.32. The van der Waals surface area contributed by atoms with Crippen molar-refractivity contribution >= 4 is 0 Å². The van der Waals surface area contributed by atoms with E-state index in [0.717, 1.165) is 18.4 Å². The Morgan fingerprint density at radius 2 is 1.94 bits per heavy atom. The molecule has 1 aromatic rings. The van der Waals surface area contributed by atoms with Gasteiger partial charge in [-0.05, 0) is 44.7 Å². The number of hydrogen-bond donors (Lipinski definition) is 1. The van der Waals surface area contributed by atoms with Crippen molar-refractivity contribution in [1.29, 1.82) is 0 Å². The molecule has 0 aliphatic heterocycles. The molecule has 1 N–H and O–H groups in total. The molecule has 17 heavy (non-hydrogen) atoms. The first-order valence-corrected chi connectivity index (χ1v) is 6.08. The molecule has 3 nitrogen and oxygen atoms in total. The Morgan fingerprint density at radius 3 is 2.65 bits per heavy atom. The molecular weight excluding hydrogens is 216 g/mol. The van der Waals surface area contributed by atoms with Gasteiger partial charge in [-0.15, -0.1) is 0 Å². The van der Waals surface area contributed by atoms with E-state index in [2.05, 4.69) is 6.07 Å². The number of rotatable bonds is 2. The maximum atomic E-state index is 10.2. The van der Waals surface area contributed by atoms with Crippen LogP contribution in [0.25, 0.3) is 0 Å². The van der Waals surface area contributed by atoms with E-state index in [1.54, 1.807) is 0 Å². The Morgan fingerprint density at radius 1 is 1.24 bits per heavy atom. The van der Waals surface area contributed by atoms with E-state index in [4.69, 9.17) is 9.78 Å². The maximum absolute atomic E-state index is 10.2. The van der Waals surface area contributed by atoms with Crippen LogP contribution in [0.1, 0.15) is 44.4 Å². The van der Waals surface area contributed by atoms with E-state index in [1.165, 1.54) is 5.56 Å². The number of fused-ring (bicyclic) bond motifs is 1. The molecule has 0 saturated heterocycles. The Balaban J connectivity index is 2.05. The summed E-state index contributed by atoms with van der Waals surface area (Å²) in [6.45, 7) is 5.78. The summed E-state index contributed by atoms with van der Waals surface area (Å²) in [6, 6.07) is 7.94. The first kappa shape index (κ1) is 12.6. The molecule has 3 heteroatoms. The van der Waals surface area contributed by atoms with Gasteiger partial charge in [0.1, 0.15) is 12.2 Å². The topological polar surface area (TPSA) is 38.7 Å². The third-order valence-electron chi connectivity index (χ3n) is 2.85. The Hall–Kier alpha value is -0.900. The molecule has 0 heterocycles. The van der Waals surface area contributed by atoms with Gasteiger partial charge >= 0.3 is 0 Å². The fourth-order valence-corrected chi connectivity index (χ4v) is 2.01. The highest BCUT2D eigenvalue weighted by Gasteiger charge is 2.30. The second-order valence-corrected chi connectivity index (χ2v) is 5.51.